The molecule has 6 N–H and O–H groups in total. The fourth-order valence-electron chi connectivity index (χ4n) is 13.8. The molecule has 2 aromatic carbocycles. The number of likely N-dealkylation sites (tertiary alicyclic amines) is 2. The average Bonchev–Trinajstić information content (AvgIpc) is 1.60. The summed E-state index contributed by atoms with van der Waals surface area (Å²) in [6, 6.07) is 19.5. The molecule has 2 saturated heterocycles. The lowest BCUT2D eigenvalue weighted by molar-refractivity contribution is -0.145. The second-order valence-corrected chi connectivity index (χ2v) is 30.6. The van der Waals surface area contributed by atoms with Crippen molar-refractivity contribution >= 4 is 93.4 Å². The van der Waals surface area contributed by atoms with Crippen LogP contribution in [0.3, 0.4) is 0 Å². The van der Waals surface area contributed by atoms with Crippen molar-refractivity contribution in [3.8, 4) is 0 Å². The number of nitrogens with one attached hydrogen (secondary N) is 6. The molecule has 8 amide bonds. The van der Waals surface area contributed by atoms with Gasteiger partial charge in [0.05, 0.1) is 36.6 Å². The summed E-state index contributed by atoms with van der Waals surface area (Å²) in [5.74, 6) is -5.78. The van der Waals surface area contributed by atoms with E-state index >= 15 is 0 Å². The number of Topliss-reactive ketones (excluding diaryl/α,β-unsaturated/α-hetero) is 2. The molecular formula is C72H86Cl2N12O12. The van der Waals surface area contributed by atoms with Crippen LogP contribution in [0.4, 0.5) is 0 Å². The summed E-state index contributed by atoms with van der Waals surface area (Å²) in [6.07, 6.45) is 9.79. The van der Waals surface area contributed by atoms with Crippen molar-refractivity contribution < 1.29 is 57.6 Å². The first-order valence-corrected chi connectivity index (χ1v) is 34.5. The quantitative estimate of drug-likeness (QED) is 0.0473. The van der Waals surface area contributed by atoms with Crippen molar-refractivity contribution in [1.82, 2.24) is 51.7 Å². The van der Waals surface area contributed by atoms with Crippen LogP contribution in [0.1, 0.15) is 153 Å². The van der Waals surface area contributed by atoms with Crippen LogP contribution in [0.2, 0.25) is 10.0 Å². The number of aromatic nitrogens is 2. The predicted molar refractivity (Wildman–Crippen MR) is 363 cm³/mol. The van der Waals surface area contributed by atoms with E-state index in [1.807, 2.05) is 102 Å². The van der Waals surface area contributed by atoms with Gasteiger partial charge in [0.25, 0.3) is 11.8 Å². The number of benzene rings is 2. The number of amides is 8. The largest absolute Gasteiger partial charge is 0.387 e. The zero-order valence-corrected chi connectivity index (χ0v) is 57.9. The molecule has 6 fully saturated rings. The zero-order chi connectivity index (χ0) is 70.2. The normalized spacial score (nSPS) is 25.5. The summed E-state index contributed by atoms with van der Waals surface area (Å²) in [4.78, 5) is 159. The Kier molecular flexibility index (Phi) is 20.7. The third-order valence-electron chi connectivity index (χ3n) is 19.9. The summed E-state index contributed by atoms with van der Waals surface area (Å²) < 4.78 is 0. The maximum atomic E-state index is 14.6. The molecule has 4 saturated carbocycles. The molecular weight excluding hydrogens is 1300 g/mol. The second-order valence-electron chi connectivity index (χ2n) is 29.8. The minimum absolute atomic E-state index is 0.0244. The first-order chi connectivity index (χ1) is 46.6. The summed E-state index contributed by atoms with van der Waals surface area (Å²) in [5, 5.41) is 26.1. The van der Waals surface area contributed by atoms with Crippen molar-refractivity contribution in [2.24, 2.45) is 44.8 Å². The SMILES string of the molecule is CNC(=O)C(=O)[C@H](CC1CC1)NC(=O)[C@@H]1C[C@]2(CC(c3cccc(Cl)c3)=NO2)CN1C(=O)[C@@H](NC(=O)[C@@H]1C[C@@H]1c1ccccn1)C(C)(C)C.CNC(=O)C(=O)[C@H](CC1CC1)NC(=O)[C@@H]1C[C@]2(CC(c3cccc(Cl)c3)=NO2)CN1C(=O)[C@@H](NC(=O)[C@H]1C[C@H]1c1ccccn1)C(C)(C)C. The highest BCUT2D eigenvalue weighted by atomic mass is 35.5. The standard InChI is InChI=1S/2C36H43ClN6O6/c2*1-35(2,3)30(41-31(45)24-16-23(24)25-10-5-6-13-39-25)34(48)43-19-36(17-27(42-49-36)21-8-7-9-22(37)15-21)18-28(43)32(46)40-26(14-20-11-12-20)29(44)33(47)38-4/h2*5-10,13,15,20,23-24,26,28,30H,11-12,14,16-19H2,1-4H3,(H,38,47)(H,40,46)(H,41,45)/t23-,24+,26+,28+,30-,36-;23-,24+,26-,28-,30+,36+/m10/s1. The maximum absolute atomic E-state index is 14.6. The smallest absolute Gasteiger partial charge is 0.289 e. The minimum atomic E-state index is -1.05. The molecule has 98 heavy (non-hydrogen) atoms. The molecule has 2 spiro atoms. The third-order valence-corrected chi connectivity index (χ3v) is 20.3. The highest BCUT2D eigenvalue weighted by Gasteiger charge is 2.59. The topological polar surface area (TPSA) is 318 Å². The number of halogens is 2. The lowest BCUT2D eigenvalue weighted by Crippen LogP contribution is -2.59. The molecule has 2 aromatic heterocycles. The van der Waals surface area contributed by atoms with Crippen LogP contribution in [-0.2, 0) is 57.6 Å². The fourth-order valence-corrected chi connectivity index (χ4v) is 14.2. The zero-order valence-electron chi connectivity index (χ0n) is 56.4. The molecule has 24 nitrogen and oxygen atoms in total. The van der Waals surface area contributed by atoms with Gasteiger partial charge in [0.1, 0.15) is 24.2 Å². The molecule has 0 unspecified atom stereocenters. The van der Waals surface area contributed by atoms with E-state index in [9.17, 15) is 47.9 Å². The molecule has 4 aliphatic heterocycles. The van der Waals surface area contributed by atoms with Crippen molar-refractivity contribution in [3.05, 3.63) is 130 Å². The molecule has 8 aliphatic rings. The van der Waals surface area contributed by atoms with Crippen LogP contribution in [0.25, 0.3) is 0 Å². The number of pyridine rings is 2. The van der Waals surface area contributed by atoms with Gasteiger partial charge in [0, 0.05) is 108 Å². The molecule has 4 aromatic rings. The van der Waals surface area contributed by atoms with Crippen molar-refractivity contribution in [2.75, 3.05) is 27.2 Å². The van der Waals surface area contributed by atoms with Gasteiger partial charge < -0.3 is 51.4 Å². The number of ketones is 2. The number of hydrogen-bond acceptors (Lipinski definition) is 16. The van der Waals surface area contributed by atoms with Gasteiger partial charge in [-0.05, 0) is 96.9 Å². The van der Waals surface area contributed by atoms with Crippen LogP contribution in [-0.4, -0.2) is 165 Å². The highest BCUT2D eigenvalue weighted by Crippen LogP contribution is 2.49. The summed E-state index contributed by atoms with van der Waals surface area (Å²) in [6.45, 7) is 11.2. The lowest BCUT2D eigenvalue weighted by Gasteiger charge is -2.35. The lowest BCUT2D eigenvalue weighted by atomic mass is 9.85. The Morgan fingerprint density at radius 3 is 1.24 bits per heavy atom. The first-order valence-electron chi connectivity index (χ1n) is 33.7. The van der Waals surface area contributed by atoms with Crippen LogP contribution in [0, 0.1) is 34.5 Å². The highest BCUT2D eigenvalue weighted by molar-refractivity contribution is 6.39. The number of hydrogen-bond donors (Lipinski definition) is 6. The summed E-state index contributed by atoms with van der Waals surface area (Å²) in [7, 11) is 2.74. The Balaban J connectivity index is 0.000000198. The molecule has 4 aliphatic carbocycles. The molecule has 12 rings (SSSR count). The van der Waals surface area contributed by atoms with Crippen molar-refractivity contribution in [1.29, 1.82) is 0 Å². The van der Waals surface area contributed by atoms with Crippen molar-refractivity contribution in [3.63, 3.8) is 0 Å². The van der Waals surface area contributed by atoms with E-state index in [0.717, 1.165) is 48.2 Å². The molecule has 0 bridgehead atoms. The third kappa shape index (κ3) is 16.4. The Bertz CT molecular complexity index is 3590. The van der Waals surface area contributed by atoms with Crippen LogP contribution < -0.4 is 31.9 Å². The Morgan fingerprint density at radius 1 is 0.531 bits per heavy atom. The summed E-state index contributed by atoms with van der Waals surface area (Å²) >= 11 is 12.5. The van der Waals surface area contributed by atoms with Gasteiger partial charge in [-0.25, -0.2) is 0 Å². The average molecular weight is 1380 g/mol. The Morgan fingerprint density at radius 2 is 0.918 bits per heavy atom. The van der Waals surface area contributed by atoms with E-state index in [1.165, 1.54) is 23.9 Å². The molecule has 12 atom stereocenters. The van der Waals surface area contributed by atoms with Crippen molar-refractivity contribution in [2.45, 2.75) is 178 Å². The van der Waals surface area contributed by atoms with Gasteiger partial charge in [-0.2, -0.15) is 0 Å². The molecule has 520 valence electrons. The molecule has 0 radical (unpaired) electrons. The Labute approximate surface area is 579 Å². The molecule has 26 heteroatoms. The van der Waals surface area contributed by atoms with Gasteiger partial charge in [0.2, 0.25) is 47.0 Å². The van der Waals surface area contributed by atoms with Gasteiger partial charge in [-0.15, -0.1) is 0 Å². The van der Waals surface area contributed by atoms with Crippen LogP contribution >= 0.6 is 23.2 Å². The van der Waals surface area contributed by atoms with E-state index in [0.29, 0.717) is 60.0 Å². The molecule has 6 heterocycles. The van der Waals surface area contributed by atoms with Gasteiger partial charge in [-0.3, -0.25) is 57.9 Å². The van der Waals surface area contributed by atoms with Gasteiger partial charge in [-0.1, -0.05) is 137 Å². The van der Waals surface area contributed by atoms with E-state index < -0.39 is 105 Å². The number of likely N-dealkylation sites (N-methyl/N-ethyl adjacent to an activating group) is 2. The van der Waals surface area contributed by atoms with Crippen LogP contribution in [0.5, 0.6) is 0 Å². The maximum Gasteiger partial charge on any atom is 0.289 e. The number of rotatable bonds is 22. The van der Waals surface area contributed by atoms with E-state index in [1.54, 1.807) is 36.7 Å². The predicted octanol–water partition coefficient (Wildman–Crippen LogP) is 6.27. The first kappa shape index (κ1) is 70.7. The number of nitrogens with zero attached hydrogens (tertiary/aromatic N) is 6. The fraction of sp³-hybridized carbons (Fsp3) is 0.528. The second kappa shape index (κ2) is 28.7. The Hall–Kier alpha value is -8.64. The van der Waals surface area contributed by atoms with E-state index in [-0.39, 0.29) is 73.3 Å². The van der Waals surface area contributed by atoms with Crippen LogP contribution in [0.15, 0.2) is 108 Å². The van der Waals surface area contributed by atoms with E-state index in [2.05, 4.69) is 52.2 Å². The summed E-state index contributed by atoms with van der Waals surface area (Å²) in [5.41, 5.74) is 0.965. The number of carbonyl (C=O) groups excluding carboxylic acids is 10. The van der Waals surface area contributed by atoms with E-state index in [4.69, 9.17) is 32.9 Å². The number of oxime groups is 2. The minimum Gasteiger partial charge on any atom is -0.387 e. The van der Waals surface area contributed by atoms with Gasteiger partial charge in [0.15, 0.2) is 11.2 Å². The number of carbonyl (C=O) groups is 10. The van der Waals surface area contributed by atoms with Gasteiger partial charge >= 0.3 is 0 Å². The monoisotopic (exact) mass is 1380 g/mol.